The van der Waals surface area contributed by atoms with Crippen LogP contribution in [-0.2, 0) is 6.54 Å². The molecule has 96 valence electrons. The summed E-state index contributed by atoms with van der Waals surface area (Å²) in [6, 6.07) is 9.97. The Balaban J connectivity index is 2.23. The lowest BCUT2D eigenvalue weighted by atomic mass is 10.2. The van der Waals surface area contributed by atoms with Gasteiger partial charge in [-0.05, 0) is 26.2 Å². The number of aromatic nitrogens is 2. The van der Waals surface area contributed by atoms with Crippen molar-refractivity contribution in [3.8, 4) is 11.3 Å². The van der Waals surface area contributed by atoms with Crippen LogP contribution < -0.4 is 5.73 Å². The Bertz CT molecular complexity index is 534. The van der Waals surface area contributed by atoms with Crippen LogP contribution in [0.3, 0.4) is 0 Å². The summed E-state index contributed by atoms with van der Waals surface area (Å²) in [7, 11) is 4.07. The molecular formula is C13H17BrN4. The highest BCUT2D eigenvalue weighted by Crippen LogP contribution is 2.23. The number of benzene rings is 1. The van der Waals surface area contributed by atoms with Crippen LogP contribution in [0.15, 0.2) is 34.8 Å². The van der Waals surface area contributed by atoms with Crippen LogP contribution in [0, 0.1) is 0 Å². The predicted octanol–water partition coefficient (Wildman–Crippen LogP) is 2.46. The van der Waals surface area contributed by atoms with E-state index in [-0.39, 0.29) is 0 Å². The monoisotopic (exact) mass is 308 g/mol. The molecule has 1 heterocycles. The van der Waals surface area contributed by atoms with E-state index >= 15 is 0 Å². The molecule has 2 rings (SSSR count). The van der Waals surface area contributed by atoms with Crippen LogP contribution >= 0.6 is 15.9 Å². The normalized spacial score (nSPS) is 11.1. The standard InChI is InChI=1S/C13H17BrN4/c1-17(2)6-7-18-13(15)9-12(16-18)10-4-3-5-11(14)8-10/h3-5,8-9H,6-7,15H2,1-2H3. The quantitative estimate of drug-likeness (QED) is 0.944. The highest BCUT2D eigenvalue weighted by atomic mass is 79.9. The van der Waals surface area contributed by atoms with Gasteiger partial charge in [0.25, 0.3) is 0 Å². The predicted molar refractivity (Wildman–Crippen MR) is 78.3 cm³/mol. The zero-order valence-corrected chi connectivity index (χ0v) is 12.2. The van der Waals surface area contributed by atoms with Crippen LogP contribution in [-0.4, -0.2) is 35.3 Å². The minimum atomic E-state index is 0.701. The minimum absolute atomic E-state index is 0.701. The first-order valence-corrected chi connectivity index (χ1v) is 6.59. The minimum Gasteiger partial charge on any atom is -0.384 e. The summed E-state index contributed by atoms with van der Waals surface area (Å²) in [5, 5.41) is 4.54. The molecule has 1 aromatic carbocycles. The van der Waals surface area contributed by atoms with Crippen molar-refractivity contribution in [3.05, 3.63) is 34.8 Å². The maximum absolute atomic E-state index is 5.97. The maximum atomic E-state index is 5.97. The Kier molecular flexibility index (Phi) is 4.04. The largest absolute Gasteiger partial charge is 0.384 e. The summed E-state index contributed by atoms with van der Waals surface area (Å²) in [6.45, 7) is 1.72. The van der Waals surface area contributed by atoms with E-state index in [1.165, 1.54) is 0 Å². The SMILES string of the molecule is CN(C)CCn1nc(-c2cccc(Br)c2)cc1N. The molecule has 0 unspecified atom stereocenters. The molecule has 0 atom stereocenters. The lowest BCUT2D eigenvalue weighted by Crippen LogP contribution is -2.19. The first kappa shape index (κ1) is 13.1. The first-order valence-electron chi connectivity index (χ1n) is 5.80. The van der Waals surface area contributed by atoms with E-state index < -0.39 is 0 Å². The smallest absolute Gasteiger partial charge is 0.122 e. The number of hydrogen-bond acceptors (Lipinski definition) is 3. The van der Waals surface area contributed by atoms with E-state index in [1.807, 2.05) is 49.1 Å². The molecule has 0 bridgehead atoms. The lowest BCUT2D eigenvalue weighted by Gasteiger charge is -2.09. The fraction of sp³-hybridized carbons (Fsp3) is 0.308. The van der Waals surface area contributed by atoms with Crippen molar-refractivity contribution in [3.63, 3.8) is 0 Å². The molecule has 0 saturated heterocycles. The van der Waals surface area contributed by atoms with Gasteiger partial charge in [0.15, 0.2) is 0 Å². The number of nitrogen functional groups attached to an aromatic ring is 1. The fourth-order valence-corrected chi connectivity index (χ4v) is 2.09. The van der Waals surface area contributed by atoms with E-state index in [0.29, 0.717) is 5.82 Å². The molecule has 0 amide bonds. The average molecular weight is 309 g/mol. The Hall–Kier alpha value is -1.33. The van der Waals surface area contributed by atoms with Gasteiger partial charge in [0, 0.05) is 22.6 Å². The molecule has 0 spiro atoms. The molecule has 0 aliphatic carbocycles. The lowest BCUT2D eigenvalue weighted by molar-refractivity contribution is 0.375. The van der Waals surface area contributed by atoms with Gasteiger partial charge in [0.1, 0.15) is 5.82 Å². The summed E-state index contributed by atoms with van der Waals surface area (Å²) in [4.78, 5) is 2.11. The Morgan fingerprint density at radius 2 is 2.11 bits per heavy atom. The number of nitrogens with zero attached hydrogens (tertiary/aromatic N) is 3. The van der Waals surface area contributed by atoms with Crippen LogP contribution in [0.5, 0.6) is 0 Å². The summed E-state index contributed by atoms with van der Waals surface area (Å²) in [6.07, 6.45) is 0. The molecule has 18 heavy (non-hydrogen) atoms. The topological polar surface area (TPSA) is 47.1 Å². The third kappa shape index (κ3) is 3.11. The van der Waals surface area contributed by atoms with Gasteiger partial charge in [0.2, 0.25) is 0 Å². The highest BCUT2D eigenvalue weighted by molar-refractivity contribution is 9.10. The van der Waals surface area contributed by atoms with Crippen LogP contribution in [0.2, 0.25) is 0 Å². The van der Waals surface area contributed by atoms with Crippen molar-refractivity contribution in [2.45, 2.75) is 6.54 Å². The van der Waals surface area contributed by atoms with Gasteiger partial charge in [-0.3, -0.25) is 0 Å². The molecule has 2 aromatic rings. The number of nitrogens with two attached hydrogens (primary N) is 1. The van der Waals surface area contributed by atoms with E-state index in [9.17, 15) is 0 Å². The summed E-state index contributed by atoms with van der Waals surface area (Å²) in [5.41, 5.74) is 7.95. The van der Waals surface area contributed by atoms with Crippen molar-refractivity contribution < 1.29 is 0 Å². The average Bonchev–Trinajstić information content (AvgIpc) is 2.68. The summed E-state index contributed by atoms with van der Waals surface area (Å²) >= 11 is 3.46. The molecule has 0 fully saturated rings. The maximum Gasteiger partial charge on any atom is 0.122 e. The molecule has 5 heteroatoms. The van der Waals surface area contributed by atoms with Gasteiger partial charge in [0.05, 0.1) is 12.2 Å². The molecule has 1 aromatic heterocycles. The summed E-state index contributed by atoms with van der Waals surface area (Å²) in [5.74, 6) is 0.701. The Morgan fingerprint density at radius 3 is 2.78 bits per heavy atom. The second-order valence-corrected chi connectivity index (χ2v) is 5.41. The molecular weight excluding hydrogens is 292 g/mol. The second kappa shape index (κ2) is 5.54. The van der Waals surface area contributed by atoms with Gasteiger partial charge in [-0.15, -0.1) is 0 Å². The van der Waals surface area contributed by atoms with Crippen molar-refractivity contribution in [2.75, 3.05) is 26.4 Å². The van der Waals surface area contributed by atoms with Gasteiger partial charge < -0.3 is 10.6 Å². The van der Waals surface area contributed by atoms with Crippen LogP contribution in [0.4, 0.5) is 5.82 Å². The molecule has 0 saturated carbocycles. The summed E-state index contributed by atoms with van der Waals surface area (Å²) < 4.78 is 2.89. The first-order chi connectivity index (χ1) is 8.56. The second-order valence-electron chi connectivity index (χ2n) is 4.49. The highest BCUT2D eigenvalue weighted by Gasteiger charge is 2.07. The van der Waals surface area contributed by atoms with Crippen molar-refractivity contribution in [2.24, 2.45) is 0 Å². The number of hydrogen-bond donors (Lipinski definition) is 1. The number of halogens is 1. The third-order valence-corrected chi connectivity index (χ3v) is 3.18. The van der Waals surface area contributed by atoms with Gasteiger partial charge in [-0.2, -0.15) is 5.10 Å². The van der Waals surface area contributed by atoms with Gasteiger partial charge >= 0.3 is 0 Å². The van der Waals surface area contributed by atoms with Crippen molar-refractivity contribution in [1.82, 2.24) is 14.7 Å². The zero-order valence-electron chi connectivity index (χ0n) is 10.6. The number of anilines is 1. The van der Waals surface area contributed by atoms with Crippen LogP contribution in [0.25, 0.3) is 11.3 Å². The Labute approximate surface area is 116 Å². The zero-order chi connectivity index (χ0) is 13.1. The van der Waals surface area contributed by atoms with Gasteiger partial charge in [-0.1, -0.05) is 28.1 Å². The fourth-order valence-electron chi connectivity index (χ4n) is 1.69. The van der Waals surface area contributed by atoms with E-state index in [2.05, 4.69) is 25.9 Å². The number of rotatable bonds is 4. The van der Waals surface area contributed by atoms with Crippen LogP contribution in [0.1, 0.15) is 0 Å². The molecule has 0 aliphatic rings. The number of likely N-dealkylation sites (N-methyl/N-ethyl adjacent to an activating group) is 1. The van der Waals surface area contributed by atoms with Crippen molar-refractivity contribution >= 4 is 21.7 Å². The Morgan fingerprint density at radius 1 is 1.33 bits per heavy atom. The molecule has 0 aliphatic heterocycles. The van der Waals surface area contributed by atoms with Gasteiger partial charge in [-0.25, -0.2) is 4.68 Å². The molecule has 2 N–H and O–H groups in total. The molecule has 0 radical (unpaired) electrons. The third-order valence-electron chi connectivity index (χ3n) is 2.69. The van der Waals surface area contributed by atoms with E-state index in [0.717, 1.165) is 28.8 Å². The van der Waals surface area contributed by atoms with E-state index in [4.69, 9.17) is 5.73 Å². The van der Waals surface area contributed by atoms with Crippen molar-refractivity contribution in [1.29, 1.82) is 0 Å². The van der Waals surface area contributed by atoms with E-state index in [1.54, 1.807) is 0 Å². The molecule has 4 nitrogen and oxygen atoms in total.